The Morgan fingerprint density at radius 3 is 2.57 bits per heavy atom. The van der Waals surface area contributed by atoms with E-state index in [2.05, 4.69) is 11.8 Å². The van der Waals surface area contributed by atoms with Gasteiger partial charge in [0.15, 0.2) is 0 Å². The normalized spacial score (nSPS) is 22.8. The molecule has 0 amide bonds. The molecule has 0 spiro atoms. The largest absolute Gasteiger partial charge is 0.497 e. The van der Waals surface area contributed by atoms with E-state index in [0.29, 0.717) is 19.1 Å². The third-order valence-corrected chi connectivity index (χ3v) is 3.82. The molecule has 0 aliphatic carbocycles. The lowest BCUT2D eigenvalue weighted by molar-refractivity contribution is -0.144. The molecule has 21 heavy (non-hydrogen) atoms. The van der Waals surface area contributed by atoms with Crippen molar-refractivity contribution in [3.05, 3.63) is 24.3 Å². The predicted octanol–water partition coefficient (Wildman–Crippen LogP) is 2.12. The average molecular weight is 293 g/mol. The number of nitrogens with zero attached hydrogens (tertiary/aromatic N) is 1. The molecule has 2 rings (SSSR count). The Hall–Kier alpha value is -1.75. The lowest BCUT2D eigenvalue weighted by Crippen LogP contribution is -2.44. The molecule has 2 atom stereocenters. The van der Waals surface area contributed by atoms with E-state index in [-0.39, 0.29) is 5.92 Å². The van der Waals surface area contributed by atoms with E-state index in [1.807, 2.05) is 24.3 Å². The number of carbonyl (C=O) groups is 1. The van der Waals surface area contributed by atoms with Gasteiger partial charge in [0.2, 0.25) is 0 Å². The minimum atomic E-state index is -0.692. The Balaban J connectivity index is 1.78. The van der Waals surface area contributed by atoms with E-state index in [0.717, 1.165) is 31.0 Å². The number of carboxylic acid groups (broad SMARTS) is 1. The summed E-state index contributed by atoms with van der Waals surface area (Å²) in [6, 6.07) is 7.47. The molecular formula is C16H23NO4. The number of carboxylic acids is 1. The predicted molar refractivity (Wildman–Crippen MR) is 79.8 cm³/mol. The van der Waals surface area contributed by atoms with Crippen molar-refractivity contribution < 1.29 is 19.4 Å². The van der Waals surface area contributed by atoms with Crippen molar-refractivity contribution in [1.29, 1.82) is 0 Å². The van der Waals surface area contributed by atoms with Gasteiger partial charge in [-0.15, -0.1) is 0 Å². The van der Waals surface area contributed by atoms with Gasteiger partial charge in [0.25, 0.3) is 0 Å². The third kappa shape index (κ3) is 4.63. The summed E-state index contributed by atoms with van der Waals surface area (Å²) in [5.41, 5.74) is 0. The topological polar surface area (TPSA) is 59.0 Å². The molecule has 0 aromatic heterocycles. The van der Waals surface area contributed by atoms with Crippen molar-refractivity contribution in [3.8, 4) is 11.5 Å². The molecule has 0 bridgehead atoms. The molecule has 1 aromatic carbocycles. The van der Waals surface area contributed by atoms with Gasteiger partial charge in [0, 0.05) is 19.6 Å². The second kappa shape index (κ2) is 7.31. The molecule has 1 fully saturated rings. The number of hydrogen-bond donors (Lipinski definition) is 1. The van der Waals surface area contributed by atoms with E-state index in [1.54, 1.807) is 7.11 Å². The summed E-state index contributed by atoms with van der Waals surface area (Å²) in [4.78, 5) is 13.3. The number of rotatable bonds is 6. The van der Waals surface area contributed by atoms with Crippen LogP contribution in [-0.4, -0.2) is 49.3 Å². The zero-order valence-corrected chi connectivity index (χ0v) is 12.6. The molecule has 2 unspecified atom stereocenters. The Bertz CT molecular complexity index is 460. The quantitative estimate of drug-likeness (QED) is 0.870. The van der Waals surface area contributed by atoms with Crippen LogP contribution in [0.4, 0.5) is 0 Å². The van der Waals surface area contributed by atoms with Gasteiger partial charge in [0.1, 0.15) is 18.1 Å². The number of benzene rings is 1. The Kier molecular flexibility index (Phi) is 5.44. The molecule has 116 valence electrons. The standard InChI is InChI=1S/C16H23NO4/c1-12-9-13(16(18)19)11-17(10-12)7-8-21-15-5-3-14(20-2)4-6-15/h3-6,12-13H,7-11H2,1-2H3,(H,18,19). The van der Waals surface area contributed by atoms with E-state index < -0.39 is 5.97 Å². The molecule has 1 aromatic rings. The minimum absolute atomic E-state index is 0.255. The van der Waals surface area contributed by atoms with Crippen LogP contribution in [0, 0.1) is 11.8 Å². The molecule has 1 aliphatic rings. The maximum atomic E-state index is 11.1. The first-order valence-electron chi connectivity index (χ1n) is 7.30. The lowest BCUT2D eigenvalue weighted by atomic mass is 9.90. The molecule has 0 radical (unpaired) electrons. The zero-order valence-electron chi connectivity index (χ0n) is 12.6. The second-order valence-electron chi connectivity index (χ2n) is 5.66. The summed E-state index contributed by atoms with van der Waals surface area (Å²) in [7, 11) is 1.63. The number of ether oxygens (including phenoxy) is 2. The molecule has 1 N–H and O–H groups in total. The van der Waals surface area contributed by atoms with Crippen molar-refractivity contribution in [2.24, 2.45) is 11.8 Å². The summed E-state index contributed by atoms with van der Waals surface area (Å²) in [6.07, 6.45) is 0.769. The van der Waals surface area contributed by atoms with Gasteiger partial charge >= 0.3 is 5.97 Å². The fraction of sp³-hybridized carbons (Fsp3) is 0.562. The highest BCUT2D eigenvalue weighted by atomic mass is 16.5. The lowest BCUT2D eigenvalue weighted by Gasteiger charge is -2.34. The van der Waals surface area contributed by atoms with Gasteiger partial charge < -0.3 is 14.6 Å². The van der Waals surface area contributed by atoms with Crippen LogP contribution in [-0.2, 0) is 4.79 Å². The average Bonchev–Trinajstić information content (AvgIpc) is 2.47. The second-order valence-corrected chi connectivity index (χ2v) is 5.66. The molecule has 0 saturated carbocycles. The van der Waals surface area contributed by atoms with Crippen LogP contribution in [0.3, 0.4) is 0 Å². The van der Waals surface area contributed by atoms with Gasteiger partial charge in [-0.05, 0) is 36.6 Å². The van der Waals surface area contributed by atoms with Crippen LogP contribution in [0.25, 0.3) is 0 Å². The summed E-state index contributed by atoms with van der Waals surface area (Å²) >= 11 is 0. The van der Waals surface area contributed by atoms with Crippen LogP contribution in [0.5, 0.6) is 11.5 Å². The minimum Gasteiger partial charge on any atom is -0.497 e. The van der Waals surface area contributed by atoms with Gasteiger partial charge in [-0.2, -0.15) is 0 Å². The highest BCUT2D eigenvalue weighted by Crippen LogP contribution is 2.22. The number of aliphatic carboxylic acids is 1. The summed E-state index contributed by atoms with van der Waals surface area (Å²) in [5, 5.41) is 9.16. The monoisotopic (exact) mass is 293 g/mol. The SMILES string of the molecule is COc1ccc(OCCN2CC(C)CC(C(=O)O)C2)cc1. The molecule has 1 aliphatic heterocycles. The first-order valence-corrected chi connectivity index (χ1v) is 7.30. The van der Waals surface area contributed by atoms with Crippen molar-refractivity contribution in [2.75, 3.05) is 33.4 Å². The summed E-state index contributed by atoms with van der Waals surface area (Å²) in [5.74, 6) is 1.07. The van der Waals surface area contributed by atoms with Crippen LogP contribution in [0.2, 0.25) is 0 Å². The van der Waals surface area contributed by atoms with Crippen molar-refractivity contribution in [2.45, 2.75) is 13.3 Å². The van der Waals surface area contributed by atoms with Gasteiger partial charge in [0.05, 0.1) is 13.0 Å². The molecule has 1 heterocycles. The molecule has 5 nitrogen and oxygen atoms in total. The molecule has 5 heteroatoms. The maximum absolute atomic E-state index is 11.1. The fourth-order valence-electron chi connectivity index (χ4n) is 2.79. The van der Waals surface area contributed by atoms with E-state index in [1.165, 1.54) is 0 Å². The van der Waals surface area contributed by atoms with Gasteiger partial charge in [-0.3, -0.25) is 9.69 Å². The number of piperidine rings is 1. The van der Waals surface area contributed by atoms with E-state index in [4.69, 9.17) is 14.6 Å². The van der Waals surface area contributed by atoms with Crippen LogP contribution >= 0.6 is 0 Å². The van der Waals surface area contributed by atoms with Crippen LogP contribution in [0.15, 0.2) is 24.3 Å². The van der Waals surface area contributed by atoms with Crippen molar-refractivity contribution >= 4 is 5.97 Å². The summed E-state index contributed by atoms with van der Waals surface area (Å²) < 4.78 is 10.8. The van der Waals surface area contributed by atoms with E-state index in [9.17, 15) is 4.79 Å². The number of methoxy groups -OCH3 is 1. The smallest absolute Gasteiger partial charge is 0.307 e. The number of likely N-dealkylation sites (tertiary alicyclic amines) is 1. The first-order chi connectivity index (χ1) is 10.1. The Morgan fingerprint density at radius 2 is 1.95 bits per heavy atom. The zero-order chi connectivity index (χ0) is 15.2. The fourth-order valence-corrected chi connectivity index (χ4v) is 2.79. The Morgan fingerprint density at radius 1 is 1.29 bits per heavy atom. The highest BCUT2D eigenvalue weighted by molar-refractivity contribution is 5.70. The maximum Gasteiger partial charge on any atom is 0.307 e. The van der Waals surface area contributed by atoms with Crippen LogP contribution in [0.1, 0.15) is 13.3 Å². The van der Waals surface area contributed by atoms with Crippen LogP contribution < -0.4 is 9.47 Å². The van der Waals surface area contributed by atoms with Crippen molar-refractivity contribution in [3.63, 3.8) is 0 Å². The number of hydrogen-bond acceptors (Lipinski definition) is 4. The van der Waals surface area contributed by atoms with E-state index >= 15 is 0 Å². The first kappa shape index (κ1) is 15.6. The van der Waals surface area contributed by atoms with Gasteiger partial charge in [-0.1, -0.05) is 6.92 Å². The van der Waals surface area contributed by atoms with Crippen molar-refractivity contribution in [1.82, 2.24) is 4.90 Å². The Labute approximate surface area is 125 Å². The third-order valence-electron chi connectivity index (χ3n) is 3.82. The van der Waals surface area contributed by atoms with Gasteiger partial charge in [-0.25, -0.2) is 0 Å². The molecular weight excluding hydrogens is 270 g/mol. The summed E-state index contributed by atoms with van der Waals surface area (Å²) in [6.45, 7) is 4.97. The molecule has 1 saturated heterocycles. The highest BCUT2D eigenvalue weighted by Gasteiger charge is 2.29.